The van der Waals surface area contributed by atoms with Crippen molar-refractivity contribution in [1.29, 1.82) is 0 Å². The number of ether oxygens (including phenoxy) is 1. The van der Waals surface area contributed by atoms with Crippen LogP contribution in [0.1, 0.15) is 45.4 Å². The number of nitrogens with zero attached hydrogens (tertiary/aromatic N) is 1. The average molecular weight is 306 g/mol. The highest BCUT2D eigenvalue weighted by atomic mass is 32.1. The van der Waals surface area contributed by atoms with Crippen LogP contribution >= 0.6 is 12.2 Å². The van der Waals surface area contributed by atoms with E-state index in [0.29, 0.717) is 6.04 Å². The molecule has 0 radical (unpaired) electrons. The molecule has 1 fully saturated rings. The largest absolute Gasteiger partial charge is 0.362 e. The zero-order chi connectivity index (χ0) is 15.1. The smallest absolute Gasteiger partial charge is 0.175 e. The third-order valence-corrected chi connectivity index (χ3v) is 4.45. The molecule has 1 aromatic rings. The van der Waals surface area contributed by atoms with Gasteiger partial charge in [0.2, 0.25) is 0 Å². The van der Waals surface area contributed by atoms with Crippen LogP contribution < -0.4 is 10.2 Å². The Labute approximate surface area is 133 Å². The van der Waals surface area contributed by atoms with E-state index in [9.17, 15) is 0 Å². The molecular weight excluding hydrogens is 280 g/mol. The van der Waals surface area contributed by atoms with Gasteiger partial charge in [0.25, 0.3) is 0 Å². The van der Waals surface area contributed by atoms with Crippen molar-refractivity contribution in [1.82, 2.24) is 5.32 Å². The molecule has 0 saturated heterocycles. The highest BCUT2D eigenvalue weighted by Crippen LogP contribution is 2.27. The van der Waals surface area contributed by atoms with Gasteiger partial charge in [-0.1, -0.05) is 44.4 Å². The van der Waals surface area contributed by atoms with Crippen LogP contribution in [-0.2, 0) is 4.74 Å². The molecule has 0 bridgehead atoms. The van der Waals surface area contributed by atoms with Crippen molar-refractivity contribution in [3.8, 4) is 0 Å². The highest BCUT2D eigenvalue weighted by molar-refractivity contribution is 7.80. The van der Waals surface area contributed by atoms with Crippen LogP contribution in [0.4, 0.5) is 5.69 Å². The summed E-state index contributed by atoms with van der Waals surface area (Å²) in [4.78, 5) is 2.29. The first kappa shape index (κ1) is 16.2. The van der Waals surface area contributed by atoms with Crippen LogP contribution in [0.3, 0.4) is 0 Å². The van der Waals surface area contributed by atoms with Gasteiger partial charge in [-0.2, -0.15) is 0 Å². The van der Waals surface area contributed by atoms with Crippen molar-refractivity contribution < 1.29 is 4.74 Å². The summed E-state index contributed by atoms with van der Waals surface area (Å²) in [5.41, 5.74) is 1.17. The third kappa shape index (κ3) is 4.42. The van der Waals surface area contributed by atoms with E-state index in [1.54, 1.807) is 7.11 Å². The van der Waals surface area contributed by atoms with Crippen molar-refractivity contribution in [2.45, 2.75) is 57.7 Å². The Kier molecular flexibility index (Phi) is 6.46. The molecule has 21 heavy (non-hydrogen) atoms. The van der Waals surface area contributed by atoms with Crippen LogP contribution in [0.5, 0.6) is 0 Å². The standard InChI is InChI=1S/C17H26N2OS/c1-3-16(20-2)18-17(21)19(14-10-6-4-7-11-14)15-12-8-5-9-13-15/h4,6-7,10-11,15-16H,3,5,8-9,12-13H2,1-2H3,(H,18,21). The molecule has 0 heterocycles. The summed E-state index contributed by atoms with van der Waals surface area (Å²) in [6.45, 7) is 2.09. The Balaban J connectivity index is 2.16. The van der Waals surface area contributed by atoms with Gasteiger partial charge in [-0.05, 0) is 43.6 Å². The number of anilines is 1. The zero-order valence-corrected chi connectivity index (χ0v) is 13.9. The van der Waals surface area contributed by atoms with Crippen molar-refractivity contribution >= 4 is 23.0 Å². The van der Waals surface area contributed by atoms with Gasteiger partial charge in [0.1, 0.15) is 6.23 Å². The van der Waals surface area contributed by atoms with Crippen molar-refractivity contribution in [3.05, 3.63) is 30.3 Å². The third-order valence-electron chi connectivity index (χ3n) is 4.13. The second-order valence-electron chi connectivity index (χ2n) is 5.58. The predicted octanol–water partition coefficient (Wildman–Crippen LogP) is 4.08. The maximum Gasteiger partial charge on any atom is 0.175 e. The summed E-state index contributed by atoms with van der Waals surface area (Å²) in [7, 11) is 1.72. The summed E-state index contributed by atoms with van der Waals surface area (Å²) in [5, 5.41) is 4.13. The molecule has 0 aliphatic heterocycles. The van der Waals surface area contributed by atoms with E-state index < -0.39 is 0 Å². The summed E-state index contributed by atoms with van der Waals surface area (Å²) < 4.78 is 5.42. The molecule has 0 amide bonds. The lowest BCUT2D eigenvalue weighted by atomic mass is 9.94. The Morgan fingerprint density at radius 2 is 1.95 bits per heavy atom. The molecule has 1 saturated carbocycles. The number of hydrogen-bond acceptors (Lipinski definition) is 2. The Bertz CT molecular complexity index is 428. The molecule has 1 aliphatic rings. The lowest BCUT2D eigenvalue weighted by Gasteiger charge is -2.37. The Hall–Kier alpha value is -1.13. The number of nitrogens with one attached hydrogen (secondary N) is 1. The molecule has 0 aromatic heterocycles. The van der Waals surface area contributed by atoms with Crippen LogP contribution in [0.25, 0.3) is 0 Å². The fourth-order valence-corrected chi connectivity index (χ4v) is 3.34. The second kappa shape index (κ2) is 8.35. The number of para-hydroxylation sites is 1. The fourth-order valence-electron chi connectivity index (χ4n) is 2.96. The molecule has 1 aliphatic carbocycles. The lowest BCUT2D eigenvalue weighted by molar-refractivity contribution is 0.0877. The SMILES string of the molecule is CCC(NC(=S)N(c1ccccc1)C1CCCCC1)OC. The van der Waals surface area contributed by atoms with Gasteiger partial charge in [-0.25, -0.2) is 0 Å². The molecule has 2 rings (SSSR count). The molecule has 1 aromatic carbocycles. The van der Waals surface area contributed by atoms with Gasteiger partial charge >= 0.3 is 0 Å². The van der Waals surface area contributed by atoms with Crippen LogP contribution in [0.15, 0.2) is 30.3 Å². The van der Waals surface area contributed by atoms with Crippen LogP contribution in [-0.4, -0.2) is 24.5 Å². The maximum atomic E-state index is 5.68. The number of methoxy groups -OCH3 is 1. The highest BCUT2D eigenvalue weighted by Gasteiger charge is 2.25. The van der Waals surface area contributed by atoms with E-state index in [-0.39, 0.29) is 6.23 Å². The fraction of sp³-hybridized carbons (Fsp3) is 0.588. The summed E-state index contributed by atoms with van der Waals surface area (Å²) >= 11 is 5.68. The van der Waals surface area contributed by atoms with E-state index in [1.165, 1.54) is 37.8 Å². The molecular formula is C17H26N2OS. The monoisotopic (exact) mass is 306 g/mol. The number of hydrogen-bond donors (Lipinski definition) is 1. The van der Waals surface area contributed by atoms with E-state index >= 15 is 0 Å². The second-order valence-corrected chi connectivity index (χ2v) is 5.97. The Morgan fingerprint density at radius 3 is 2.52 bits per heavy atom. The summed E-state index contributed by atoms with van der Waals surface area (Å²) in [6, 6.07) is 11.0. The first-order chi connectivity index (χ1) is 10.3. The quantitative estimate of drug-likeness (QED) is 0.654. The van der Waals surface area contributed by atoms with Gasteiger partial charge in [0, 0.05) is 18.8 Å². The van der Waals surface area contributed by atoms with Crippen LogP contribution in [0.2, 0.25) is 0 Å². The van der Waals surface area contributed by atoms with Crippen molar-refractivity contribution in [2.75, 3.05) is 12.0 Å². The molecule has 1 unspecified atom stereocenters. The van der Waals surface area contributed by atoms with Crippen molar-refractivity contribution in [3.63, 3.8) is 0 Å². The van der Waals surface area contributed by atoms with Gasteiger partial charge in [-0.3, -0.25) is 0 Å². The molecule has 3 nitrogen and oxygen atoms in total. The van der Waals surface area contributed by atoms with Gasteiger partial charge in [0.05, 0.1) is 0 Å². The Morgan fingerprint density at radius 1 is 1.29 bits per heavy atom. The number of thiocarbonyl (C=S) groups is 1. The first-order valence-electron chi connectivity index (χ1n) is 7.93. The normalized spacial score (nSPS) is 17.2. The maximum absolute atomic E-state index is 5.68. The molecule has 0 spiro atoms. The van der Waals surface area contributed by atoms with E-state index in [4.69, 9.17) is 17.0 Å². The minimum atomic E-state index is -0.0210. The van der Waals surface area contributed by atoms with E-state index in [1.807, 2.05) is 6.07 Å². The minimum absolute atomic E-state index is 0.0210. The lowest BCUT2D eigenvalue weighted by Crippen LogP contribution is -2.50. The molecule has 4 heteroatoms. The van der Waals surface area contributed by atoms with E-state index in [0.717, 1.165) is 11.5 Å². The topological polar surface area (TPSA) is 24.5 Å². The first-order valence-corrected chi connectivity index (χ1v) is 8.34. The van der Waals surface area contributed by atoms with Gasteiger partial charge in [0.15, 0.2) is 5.11 Å². The van der Waals surface area contributed by atoms with Crippen LogP contribution in [0, 0.1) is 0 Å². The minimum Gasteiger partial charge on any atom is -0.362 e. The zero-order valence-electron chi connectivity index (χ0n) is 13.0. The average Bonchev–Trinajstić information content (AvgIpc) is 2.55. The number of rotatable bonds is 5. The number of benzene rings is 1. The van der Waals surface area contributed by atoms with Gasteiger partial charge in [-0.15, -0.1) is 0 Å². The molecule has 1 N–H and O–H groups in total. The predicted molar refractivity (Wildman–Crippen MR) is 92.6 cm³/mol. The summed E-state index contributed by atoms with van der Waals surface area (Å²) in [6.07, 6.45) is 7.21. The molecule has 116 valence electrons. The summed E-state index contributed by atoms with van der Waals surface area (Å²) in [5.74, 6) is 0. The molecule has 1 atom stereocenters. The van der Waals surface area contributed by atoms with E-state index in [2.05, 4.69) is 41.4 Å². The van der Waals surface area contributed by atoms with Gasteiger partial charge < -0.3 is 15.0 Å². The van der Waals surface area contributed by atoms with Crippen molar-refractivity contribution in [2.24, 2.45) is 0 Å².